The van der Waals surface area contributed by atoms with Crippen LogP contribution in [0.15, 0.2) is 18.2 Å². The predicted octanol–water partition coefficient (Wildman–Crippen LogP) is 3.19. The second kappa shape index (κ2) is 8.24. The van der Waals surface area contributed by atoms with Crippen molar-refractivity contribution in [3.63, 3.8) is 0 Å². The maximum absolute atomic E-state index is 12.2. The number of benzene rings is 1. The number of amides is 1. The van der Waals surface area contributed by atoms with E-state index in [4.69, 9.17) is 0 Å². The summed E-state index contributed by atoms with van der Waals surface area (Å²) in [4.78, 5) is 22.5. The Labute approximate surface area is 125 Å². The van der Waals surface area contributed by atoms with Crippen LogP contribution in [0.5, 0.6) is 0 Å². The molecule has 21 heavy (non-hydrogen) atoms. The Hall–Kier alpha value is -2.11. The summed E-state index contributed by atoms with van der Waals surface area (Å²) in [6.45, 7) is 7.39. The number of carbonyl (C=O) groups is 1. The number of carbonyl (C=O) groups excluding carboxylic acids is 1. The molecule has 0 spiro atoms. The molecule has 0 aliphatic rings. The van der Waals surface area contributed by atoms with Gasteiger partial charge in [0.25, 0.3) is 11.6 Å². The smallest absolute Gasteiger partial charge is 0.270 e. The molecule has 1 aromatic rings. The van der Waals surface area contributed by atoms with E-state index < -0.39 is 4.92 Å². The Kier molecular flexibility index (Phi) is 6.65. The van der Waals surface area contributed by atoms with Gasteiger partial charge in [-0.05, 0) is 31.7 Å². The Balaban J connectivity index is 2.79. The Morgan fingerprint density at radius 1 is 1.38 bits per heavy atom. The lowest BCUT2D eigenvalue weighted by molar-refractivity contribution is -0.384. The van der Waals surface area contributed by atoms with Gasteiger partial charge in [-0.15, -0.1) is 0 Å². The zero-order valence-electron chi connectivity index (χ0n) is 12.8. The van der Waals surface area contributed by atoms with Crippen LogP contribution >= 0.6 is 0 Å². The van der Waals surface area contributed by atoms with E-state index in [1.54, 1.807) is 6.07 Å². The number of anilines is 1. The van der Waals surface area contributed by atoms with E-state index in [-0.39, 0.29) is 11.6 Å². The van der Waals surface area contributed by atoms with Crippen LogP contribution in [-0.4, -0.2) is 23.9 Å². The molecule has 2 N–H and O–H groups in total. The number of hydrogen-bond donors (Lipinski definition) is 2. The van der Waals surface area contributed by atoms with Crippen molar-refractivity contribution in [1.29, 1.82) is 0 Å². The molecular formula is C15H23N3O3. The number of hydrogen-bond acceptors (Lipinski definition) is 4. The highest BCUT2D eigenvalue weighted by molar-refractivity contribution is 6.00. The number of rotatable bonds is 8. The molecule has 0 aliphatic heterocycles. The van der Waals surface area contributed by atoms with Gasteiger partial charge in [0.15, 0.2) is 0 Å². The van der Waals surface area contributed by atoms with Crippen LogP contribution in [-0.2, 0) is 0 Å². The lowest BCUT2D eigenvalue weighted by Crippen LogP contribution is -2.25. The lowest BCUT2D eigenvalue weighted by atomic mass is 10.1. The molecule has 0 saturated heterocycles. The van der Waals surface area contributed by atoms with Gasteiger partial charge in [0.1, 0.15) is 0 Å². The normalized spacial score (nSPS) is 10.5. The van der Waals surface area contributed by atoms with E-state index in [0.717, 1.165) is 12.8 Å². The van der Waals surface area contributed by atoms with Gasteiger partial charge >= 0.3 is 0 Å². The van der Waals surface area contributed by atoms with E-state index >= 15 is 0 Å². The first kappa shape index (κ1) is 16.9. The molecule has 0 bridgehead atoms. The van der Waals surface area contributed by atoms with E-state index in [2.05, 4.69) is 24.5 Å². The molecule has 0 atom stereocenters. The first-order valence-corrected chi connectivity index (χ1v) is 7.26. The van der Waals surface area contributed by atoms with Crippen LogP contribution in [0.1, 0.15) is 44.0 Å². The second-order valence-electron chi connectivity index (χ2n) is 5.31. The van der Waals surface area contributed by atoms with Crippen LogP contribution in [0.2, 0.25) is 0 Å². The first-order chi connectivity index (χ1) is 9.95. The third-order valence-electron chi connectivity index (χ3n) is 3.07. The summed E-state index contributed by atoms with van der Waals surface area (Å²) in [5, 5.41) is 16.7. The third-order valence-corrected chi connectivity index (χ3v) is 3.07. The molecule has 6 heteroatoms. The van der Waals surface area contributed by atoms with Gasteiger partial charge in [0, 0.05) is 30.9 Å². The molecule has 0 heterocycles. The summed E-state index contributed by atoms with van der Waals surface area (Å²) in [6.07, 6.45) is 1.93. The molecular weight excluding hydrogens is 270 g/mol. The second-order valence-corrected chi connectivity index (χ2v) is 5.31. The highest BCUT2D eigenvalue weighted by atomic mass is 16.6. The molecule has 6 nitrogen and oxygen atoms in total. The number of nitrogens with zero attached hydrogens (tertiary/aromatic N) is 1. The summed E-state index contributed by atoms with van der Waals surface area (Å²) in [5.74, 6) is 0.315. The van der Waals surface area contributed by atoms with Crippen molar-refractivity contribution in [3.8, 4) is 0 Å². The fourth-order valence-electron chi connectivity index (χ4n) is 1.99. The maximum Gasteiger partial charge on any atom is 0.270 e. The minimum atomic E-state index is -0.495. The minimum absolute atomic E-state index is 0.0796. The van der Waals surface area contributed by atoms with Gasteiger partial charge in [-0.25, -0.2) is 0 Å². The monoisotopic (exact) mass is 293 g/mol. The number of nitro benzene ring substituents is 1. The quantitative estimate of drug-likeness (QED) is 0.438. The van der Waals surface area contributed by atoms with Crippen molar-refractivity contribution in [1.82, 2.24) is 5.32 Å². The summed E-state index contributed by atoms with van der Waals surface area (Å²) in [7, 11) is 0. The predicted molar refractivity (Wildman–Crippen MR) is 83.7 cm³/mol. The Morgan fingerprint density at radius 2 is 2.10 bits per heavy atom. The number of non-ortho nitro benzene ring substituents is 1. The zero-order valence-corrected chi connectivity index (χ0v) is 12.8. The molecule has 0 aliphatic carbocycles. The lowest BCUT2D eigenvalue weighted by Gasteiger charge is -2.11. The van der Waals surface area contributed by atoms with Crippen LogP contribution in [0.3, 0.4) is 0 Å². The molecule has 0 radical (unpaired) electrons. The van der Waals surface area contributed by atoms with E-state index in [1.807, 2.05) is 6.92 Å². The molecule has 116 valence electrons. The molecule has 1 amide bonds. The molecule has 1 aromatic carbocycles. The van der Waals surface area contributed by atoms with Gasteiger partial charge in [-0.2, -0.15) is 0 Å². The van der Waals surface area contributed by atoms with Crippen LogP contribution in [0, 0.1) is 16.0 Å². The average Bonchev–Trinajstić information content (AvgIpc) is 2.43. The molecule has 0 aromatic heterocycles. The molecule has 0 unspecified atom stereocenters. The Morgan fingerprint density at radius 3 is 2.67 bits per heavy atom. The topological polar surface area (TPSA) is 84.3 Å². The van der Waals surface area contributed by atoms with Crippen LogP contribution in [0.25, 0.3) is 0 Å². The van der Waals surface area contributed by atoms with E-state index in [1.165, 1.54) is 12.1 Å². The maximum atomic E-state index is 12.2. The van der Waals surface area contributed by atoms with Crippen LogP contribution in [0.4, 0.5) is 11.4 Å². The van der Waals surface area contributed by atoms with E-state index in [9.17, 15) is 14.9 Å². The molecule has 1 rings (SSSR count). The minimum Gasteiger partial charge on any atom is -0.385 e. The third kappa shape index (κ3) is 5.41. The SMILES string of the molecule is CCNc1ccc([N+](=O)[O-])cc1C(=O)NCCCC(C)C. The summed E-state index contributed by atoms with van der Waals surface area (Å²) >= 11 is 0. The fraction of sp³-hybridized carbons (Fsp3) is 0.533. The average molecular weight is 293 g/mol. The van der Waals surface area contributed by atoms with Gasteiger partial charge in [0.2, 0.25) is 0 Å². The summed E-state index contributed by atoms with van der Waals surface area (Å²) in [6, 6.07) is 4.29. The van der Waals surface area contributed by atoms with Crippen molar-refractivity contribution in [2.45, 2.75) is 33.6 Å². The summed E-state index contributed by atoms with van der Waals surface area (Å²) in [5.41, 5.74) is 0.851. The van der Waals surface area contributed by atoms with Gasteiger partial charge < -0.3 is 10.6 Å². The number of nitro groups is 1. The standard InChI is InChI=1S/C15H23N3O3/c1-4-16-14-8-7-12(18(20)21)10-13(14)15(19)17-9-5-6-11(2)3/h7-8,10-11,16H,4-6,9H2,1-3H3,(H,17,19). The first-order valence-electron chi connectivity index (χ1n) is 7.26. The number of nitrogens with one attached hydrogen (secondary N) is 2. The molecule has 0 saturated carbocycles. The summed E-state index contributed by atoms with van der Waals surface area (Å²) < 4.78 is 0. The van der Waals surface area contributed by atoms with Gasteiger partial charge in [-0.1, -0.05) is 13.8 Å². The van der Waals surface area contributed by atoms with Crippen molar-refractivity contribution >= 4 is 17.3 Å². The van der Waals surface area contributed by atoms with Crippen molar-refractivity contribution < 1.29 is 9.72 Å². The van der Waals surface area contributed by atoms with Gasteiger partial charge in [-0.3, -0.25) is 14.9 Å². The van der Waals surface area contributed by atoms with Gasteiger partial charge in [0.05, 0.1) is 10.5 Å². The Bertz CT molecular complexity index is 501. The van der Waals surface area contributed by atoms with E-state index in [0.29, 0.717) is 30.3 Å². The van der Waals surface area contributed by atoms with Crippen molar-refractivity contribution in [2.24, 2.45) is 5.92 Å². The highest BCUT2D eigenvalue weighted by Crippen LogP contribution is 2.22. The largest absolute Gasteiger partial charge is 0.385 e. The van der Waals surface area contributed by atoms with Crippen LogP contribution < -0.4 is 10.6 Å². The van der Waals surface area contributed by atoms with Crippen molar-refractivity contribution in [2.75, 3.05) is 18.4 Å². The fourth-order valence-corrected chi connectivity index (χ4v) is 1.99. The van der Waals surface area contributed by atoms with Crippen molar-refractivity contribution in [3.05, 3.63) is 33.9 Å². The molecule has 0 fully saturated rings. The zero-order chi connectivity index (χ0) is 15.8. The highest BCUT2D eigenvalue weighted by Gasteiger charge is 2.16.